The number of aromatic nitrogens is 1. The summed E-state index contributed by atoms with van der Waals surface area (Å²) >= 11 is 0. The van der Waals surface area contributed by atoms with E-state index in [1.165, 1.54) is 27.7 Å². The maximum absolute atomic E-state index is 12.4. The van der Waals surface area contributed by atoms with Crippen LogP contribution in [-0.4, -0.2) is 10.5 Å². The van der Waals surface area contributed by atoms with Gasteiger partial charge in [-0.25, -0.2) is 0 Å². The molecule has 142 valence electrons. The van der Waals surface area contributed by atoms with E-state index in [1.54, 1.807) is 0 Å². The van der Waals surface area contributed by atoms with Gasteiger partial charge in [-0.1, -0.05) is 54.6 Å². The van der Waals surface area contributed by atoms with Crippen molar-refractivity contribution in [2.24, 2.45) is 5.41 Å². The predicted octanol–water partition coefficient (Wildman–Crippen LogP) is 5.15. The second-order valence-corrected chi connectivity index (χ2v) is 8.30. The lowest BCUT2D eigenvalue weighted by molar-refractivity contribution is -0.127. The number of hydrogen-bond acceptors (Lipinski definition) is 1. The summed E-state index contributed by atoms with van der Waals surface area (Å²) in [7, 11) is 0. The van der Waals surface area contributed by atoms with Crippen molar-refractivity contribution in [3.8, 4) is 0 Å². The Balaban J connectivity index is 1.70. The summed E-state index contributed by atoms with van der Waals surface area (Å²) in [6.45, 7) is 4.89. The monoisotopic (exact) mass is 370 g/mol. The van der Waals surface area contributed by atoms with E-state index >= 15 is 0 Å². The van der Waals surface area contributed by atoms with Gasteiger partial charge in [-0.05, 0) is 42.7 Å². The van der Waals surface area contributed by atoms with Gasteiger partial charge in [0.15, 0.2) is 0 Å². The molecule has 1 fully saturated rings. The Morgan fingerprint density at radius 2 is 1.82 bits per heavy atom. The third-order valence-electron chi connectivity index (χ3n) is 6.77. The van der Waals surface area contributed by atoms with Crippen LogP contribution in [0.25, 0.3) is 10.9 Å². The first-order valence-corrected chi connectivity index (χ1v) is 10.3. The Labute approximate surface area is 166 Å². The Bertz CT molecular complexity index is 1050. The lowest BCUT2D eigenvalue weighted by atomic mass is 9.63. The van der Waals surface area contributed by atoms with Crippen molar-refractivity contribution in [1.82, 2.24) is 9.88 Å². The highest BCUT2D eigenvalue weighted by atomic mass is 16.1. The third kappa shape index (κ3) is 2.61. The molecule has 2 aromatic carbocycles. The topological polar surface area (TPSA) is 34.0 Å². The average molecular weight is 370 g/mol. The molecule has 0 spiro atoms. The number of allylic oxidation sites excluding steroid dienone is 1. The first-order valence-electron chi connectivity index (χ1n) is 10.3. The molecule has 1 saturated heterocycles. The van der Waals surface area contributed by atoms with Crippen LogP contribution in [0.3, 0.4) is 0 Å². The zero-order valence-electron chi connectivity index (χ0n) is 16.2. The molecule has 1 amide bonds. The second kappa shape index (κ2) is 6.66. The first kappa shape index (κ1) is 17.3. The molecule has 2 heterocycles. The average Bonchev–Trinajstić information content (AvgIpc) is 3.04. The third-order valence-corrected chi connectivity index (χ3v) is 6.77. The fourth-order valence-corrected chi connectivity index (χ4v) is 5.44. The van der Waals surface area contributed by atoms with E-state index < -0.39 is 0 Å². The molecule has 3 nitrogen and oxygen atoms in total. The van der Waals surface area contributed by atoms with Crippen LogP contribution >= 0.6 is 0 Å². The van der Waals surface area contributed by atoms with Gasteiger partial charge in [0.05, 0.1) is 6.04 Å². The number of nitrogens with one attached hydrogen (secondary N) is 1. The van der Waals surface area contributed by atoms with Gasteiger partial charge in [-0.3, -0.25) is 4.79 Å². The van der Waals surface area contributed by atoms with E-state index in [4.69, 9.17) is 0 Å². The number of piperidine rings is 1. The molecule has 1 N–H and O–H groups in total. The van der Waals surface area contributed by atoms with Gasteiger partial charge in [0.25, 0.3) is 0 Å². The van der Waals surface area contributed by atoms with Crippen LogP contribution < -0.4 is 5.32 Å². The molecule has 3 heteroatoms. The van der Waals surface area contributed by atoms with Crippen LogP contribution in [0.5, 0.6) is 0 Å². The minimum absolute atomic E-state index is 0.0809. The predicted molar refractivity (Wildman–Crippen MR) is 113 cm³/mol. The summed E-state index contributed by atoms with van der Waals surface area (Å²) in [6, 6.07) is 19.4. The van der Waals surface area contributed by atoms with Gasteiger partial charge < -0.3 is 9.88 Å². The number of para-hydroxylation sites is 1. The molecular weight excluding hydrogens is 344 g/mol. The molecule has 5 rings (SSSR count). The highest BCUT2D eigenvalue weighted by Gasteiger charge is 2.47. The molecule has 1 aromatic heterocycles. The highest BCUT2D eigenvalue weighted by molar-refractivity contribution is 5.88. The van der Waals surface area contributed by atoms with Crippen LogP contribution in [0, 0.1) is 5.41 Å². The molecule has 2 atom stereocenters. The first-order chi connectivity index (χ1) is 13.7. The van der Waals surface area contributed by atoms with Gasteiger partial charge in [-0.2, -0.15) is 0 Å². The smallest absolute Gasteiger partial charge is 0.220 e. The molecular formula is C25H26N2O. The molecule has 2 aliphatic rings. The minimum atomic E-state index is 0.0809. The molecule has 1 aliphatic carbocycles. The standard InChI is InChI=1S/C25H26N2O/c1-2-14-25-15-12-21-23(24(25)26-22(28)13-16-25)19-10-6-7-11-20(19)27(21)17-18-8-4-3-5-9-18/h2-11,24H,1,12-17H2,(H,26,28)/t24-,25-/m1/s1. The minimum Gasteiger partial charge on any atom is -0.349 e. The zero-order chi connectivity index (χ0) is 19.1. The largest absolute Gasteiger partial charge is 0.349 e. The van der Waals surface area contributed by atoms with Crippen molar-refractivity contribution in [3.05, 3.63) is 84.1 Å². The summed E-state index contributed by atoms with van der Waals surface area (Å²) in [4.78, 5) is 12.4. The number of hydrogen-bond donors (Lipinski definition) is 1. The Kier molecular flexibility index (Phi) is 4.12. The van der Waals surface area contributed by atoms with Crippen LogP contribution in [0.2, 0.25) is 0 Å². The van der Waals surface area contributed by atoms with Crippen molar-refractivity contribution in [2.75, 3.05) is 0 Å². The summed E-state index contributed by atoms with van der Waals surface area (Å²) in [6.07, 6.45) is 6.73. The SMILES string of the molecule is C=CC[C@@]12CCC(=O)N[C@@H]1c1c(n(Cc3ccccc3)c3ccccc13)CC2. The summed E-state index contributed by atoms with van der Waals surface area (Å²) in [5.41, 5.74) is 5.40. The maximum atomic E-state index is 12.4. The van der Waals surface area contributed by atoms with Crippen LogP contribution in [0.15, 0.2) is 67.3 Å². The number of carbonyl (C=O) groups is 1. The van der Waals surface area contributed by atoms with Crippen molar-refractivity contribution in [3.63, 3.8) is 0 Å². The molecule has 0 saturated carbocycles. The van der Waals surface area contributed by atoms with Crippen LogP contribution in [0.1, 0.15) is 48.5 Å². The number of carbonyl (C=O) groups excluding carboxylic acids is 1. The quantitative estimate of drug-likeness (QED) is 0.633. The number of fused-ring (bicyclic) bond motifs is 5. The molecule has 3 aromatic rings. The van der Waals surface area contributed by atoms with E-state index in [1.807, 2.05) is 6.08 Å². The molecule has 28 heavy (non-hydrogen) atoms. The van der Waals surface area contributed by atoms with Gasteiger partial charge in [0, 0.05) is 35.1 Å². The van der Waals surface area contributed by atoms with E-state index in [-0.39, 0.29) is 17.4 Å². The fraction of sp³-hybridized carbons (Fsp3) is 0.320. The van der Waals surface area contributed by atoms with Crippen molar-refractivity contribution in [2.45, 2.75) is 44.7 Å². The lowest BCUT2D eigenvalue weighted by Gasteiger charge is -2.47. The van der Waals surface area contributed by atoms with Gasteiger partial charge in [0.1, 0.15) is 0 Å². The summed E-state index contributed by atoms with van der Waals surface area (Å²) in [5.74, 6) is 0.178. The Morgan fingerprint density at radius 1 is 1.07 bits per heavy atom. The van der Waals surface area contributed by atoms with Gasteiger partial charge >= 0.3 is 0 Å². The Hall–Kier alpha value is -2.81. The molecule has 0 unspecified atom stereocenters. The van der Waals surface area contributed by atoms with Gasteiger partial charge in [0.2, 0.25) is 5.91 Å². The van der Waals surface area contributed by atoms with E-state index in [2.05, 4.69) is 71.1 Å². The zero-order valence-corrected chi connectivity index (χ0v) is 16.2. The number of nitrogens with zero attached hydrogens (tertiary/aromatic N) is 1. The van der Waals surface area contributed by atoms with E-state index in [9.17, 15) is 4.79 Å². The fourth-order valence-electron chi connectivity index (χ4n) is 5.44. The Morgan fingerprint density at radius 3 is 2.64 bits per heavy atom. The van der Waals surface area contributed by atoms with E-state index in [0.29, 0.717) is 6.42 Å². The van der Waals surface area contributed by atoms with E-state index in [0.717, 1.165) is 32.2 Å². The van der Waals surface area contributed by atoms with Crippen molar-refractivity contribution >= 4 is 16.8 Å². The van der Waals surface area contributed by atoms with Gasteiger partial charge in [-0.15, -0.1) is 6.58 Å². The van der Waals surface area contributed by atoms with Crippen molar-refractivity contribution in [1.29, 1.82) is 0 Å². The normalized spacial score (nSPS) is 23.7. The lowest BCUT2D eigenvalue weighted by Crippen LogP contribution is -2.48. The second-order valence-electron chi connectivity index (χ2n) is 8.30. The molecule has 0 radical (unpaired) electrons. The number of amides is 1. The summed E-state index contributed by atoms with van der Waals surface area (Å²) < 4.78 is 2.47. The highest BCUT2D eigenvalue weighted by Crippen LogP contribution is 2.54. The van der Waals surface area contributed by atoms with Crippen LogP contribution in [0.4, 0.5) is 0 Å². The molecule has 0 bridgehead atoms. The number of benzene rings is 2. The van der Waals surface area contributed by atoms with Crippen molar-refractivity contribution < 1.29 is 4.79 Å². The molecule has 1 aliphatic heterocycles. The maximum Gasteiger partial charge on any atom is 0.220 e. The number of rotatable bonds is 4. The summed E-state index contributed by atoms with van der Waals surface area (Å²) in [5, 5.41) is 4.66. The van der Waals surface area contributed by atoms with Crippen LogP contribution in [-0.2, 0) is 17.8 Å².